The van der Waals surface area contributed by atoms with Gasteiger partial charge in [0.25, 0.3) is 5.91 Å². The van der Waals surface area contributed by atoms with E-state index in [9.17, 15) is 4.79 Å². The van der Waals surface area contributed by atoms with Crippen LogP contribution in [-0.4, -0.2) is 26.7 Å². The first kappa shape index (κ1) is 13.7. The molecule has 1 atom stereocenters. The molecule has 0 saturated heterocycles. The molecule has 19 heavy (non-hydrogen) atoms. The van der Waals surface area contributed by atoms with Crippen LogP contribution < -0.4 is 5.32 Å². The monoisotopic (exact) mass is 278 g/mol. The van der Waals surface area contributed by atoms with E-state index in [0.29, 0.717) is 12.5 Å². The molecule has 0 radical (unpaired) electrons. The molecule has 5 nitrogen and oxygen atoms in total. The molecule has 0 aliphatic heterocycles. The Hall–Kier alpha value is -1.69. The first-order chi connectivity index (χ1) is 9.06. The van der Waals surface area contributed by atoms with E-state index >= 15 is 0 Å². The number of thiophene rings is 1. The summed E-state index contributed by atoms with van der Waals surface area (Å²) in [6, 6.07) is 1.95. The van der Waals surface area contributed by atoms with Crippen molar-refractivity contribution in [1.29, 1.82) is 0 Å². The second kappa shape index (κ2) is 5.97. The molecule has 0 bridgehead atoms. The Balaban J connectivity index is 2.02. The molecule has 6 heteroatoms. The van der Waals surface area contributed by atoms with Gasteiger partial charge in [0.15, 0.2) is 0 Å². The fourth-order valence-electron chi connectivity index (χ4n) is 1.74. The number of carbonyl (C=O) groups is 1. The SMILES string of the molecule is Cc1csc(C(=O)N[C@@H](Cn2cncn2)C(C)C)c1. The molecule has 0 aliphatic carbocycles. The third-order valence-electron chi connectivity index (χ3n) is 2.93. The fourth-order valence-corrected chi connectivity index (χ4v) is 2.54. The van der Waals surface area contributed by atoms with Gasteiger partial charge in [0.1, 0.15) is 12.7 Å². The van der Waals surface area contributed by atoms with Crippen molar-refractivity contribution in [3.05, 3.63) is 34.5 Å². The molecule has 0 aromatic carbocycles. The van der Waals surface area contributed by atoms with Gasteiger partial charge in [-0.15, -0.1) is 11.3 Å². The van der Waals surface area contributed by atoms with E-state index < -0.39 is 0 Å². The van der Waals surface area contributed by atoms with Crippen LogP contribution in [0.3, 0.4) is 0 Å². The number of rotatable bonds is 5. The van der Waals surface area contributed by atoms with Gasteiger partial charge in [0, 0.05) is 0 Å². The minimum atomic E-state index is -0.0167. The molecule has 1 N–H and O–H groups in total. The summed E-state index contributed by atoms with van der Waals surface area (Å²) in [5.74, 6) is 0.311. The van der Waals surface area contributed by atoms with Crippen molar-refractivity contribution in [3.63, 3.8) is 0 Å². The lowest BCUT2D eigenvalue weighted by atomic mass is 10.0. The smallest absolute Gasteiger partial charge is 0.261 e. The van der Waals surface area contributed by atoms with Crippen molar-refractivity contribution in [3.8, 4) is 0 Å². The van der Waals surface area contributed by atoms with Crippen LogP contribution in [0.2, 0.25) is 0 Å². The summed E-state index contributed by atoms with van der Waals surface area (Å²) in [4.78, 5) is 16.8. The normalized spacial score (nSPS) is 12.6. The molecule has 102 valence electrons. The van der Waals surface area contributed by atoms with Crippen molar-refractivity contribution in [1.82, 2.24) is 20.1 Å². The van der Waals surface area contributed by atoms with Crippen LogP contribution in [0.15, 0.2) is 24.1 Å². The average Bonchev–Trinajstić information content (AvgIpc) is 2.99. The lowest BCUT2D eigenvalue weighted by Crippen LogP contribution is -2.41. The maximum atomic E-state index is 12.2. The zero-order valence-electron chi connectivity index (χ0n) is 11.3. The summed E-state index contributed by atoms with van der Waals surface area (Å²) in [5.41, 5.74) is 1.12. The first-order valence-electron chi connectivity index (χ1n) is 6.24. The predicted molar refractivity (Wildman–Crippen MR) is 75.2 cm³/mol. The van der Waals surface area contributed by atoms with Crippen molar-refractivity contribution >= 4 is 17.2 Å². The van der Waals surface area contributed by atoms with Crippen molar-refractivity contribution in [2.24, 2.45) is 5.92 Å². The van der Waals surface area contributed by atoms with Crippen LogP contribution in [0, 0.1) is 12.8 Å². The van der Waals surface area contributed by atoms with Crippen molar-refractivity contribution in [2.45, 2.75) is 33.4 Å². The van der Waals surface area contributed by atoms with E-state index in [1.807, 2.05) is 18.4 Å². The van der Waals surface area contributed by atoms with E-state index in [1.165, 1.54) is 17.7 Å². The zero-order valence-corrected chi connectivity index (χ0v) is 12.1. The standard InChI is InChI=1S/C13H18N4OS/c1-9(2)11(5-17-8-14-7-15-17)16-13(18)12-4-10(3)6-19-12/h4,6-9,11H,5H2,1-3H3,(H,16,18)/t11-/m0/s1. The molecule has 0 spiro atoms. The zero-order chi connectivity index (χ0) is 13.8. The largest absolute Gasteiger partial charge is 0.346 e. The minimum Gasteiger partial charge on any atom is -0.346 e. The van der Waals surface area contributed by atoms with Crippen LogP contribution in [0.1, 0.15) is 29.1 Å². The molecule has 2 heterocycles. The Bertz CT molecular complexity index is 533. The van der Waals surface area contributed by atoms with Crippen LogP contribution in [0.5, 0.6) is 0 Å². The predicted octanol–water partition coefficient (Wildman–Crippen LogP) is 2.10. The maximum Gasteiger partial charge on any atom is 0.261 e. The van der Waals surface area contributed by atoms with Gasteiger partial charge in [-0.1, -0.05) is 13.8 Å². The molecule has 2 aromatic rings. The van der Waals surface area contributed by atoms with Gasteiger partial charge in [-0.25, -0.2) is 4.98 Å². The molecular formula is C13H18N4OS. The third-order valence-corrected chi connectivity index (χ3v) is 3.97. The average molecular weight is 278 g/mol. The first-order valence-corrected chi connectivity index (χ1v) is 7.12. The van der Waals surface area contributed by atoms with E-state index in [2.05, 4.69) is 29.2 Å². The van der Waals surface area contributed by atoms with Crippen LogP contribution >= 0.6 is 11.3 Å². The van der Waals surface area contributed by atoms with Crippen molar-refractivity contribution in [2.75, 3.05) is 0 Å². The second-order valence-electron chi connectivity index (χ2n) is 4.93. The molecular weight excluding hydrogens is 260 g/mol. The number of carbonyl (C=O) groups excluding carboxylic acids is 1. The highest BCUT2D eigenvalue weighted by Crippen LogP contribution is 2.14. The molecule has 0 fully saturated rings. The lowest BCUT2D eigenvalue weighted by Gasteiger charge is -2.21. The number of hydrogen-bond donors (Lipinski definition) is 1. The number of amides is 1. The number of hydrogen-bond acceptors (Lipinski definition) is 4. The Morgan fingerprint density at radius 1 is 1.53 bits per heavy atom. The Labute approximate surface area is 116 Å². The minimum absolute atomic E-state index is 0.0167. The fraction of sp³-hybridized carbons (Fsp3) is 0.462. The molecule has 2 aromatic heterocycles. The summed E-state index contributed by atoms with van der Waals surface area (Å²) in [6.45, 7) is 6.79. The summed E-state index contributed by atoms with van der Waals surface area (Å²) in [7, 11) is 0. The van der Waals surface area contributed by atoms with Gasteiger partial charge in [0.2, 0.25) is 0 Å². The van der Waals surface area contributed by atoms with Gasteiger partial charge >= 0.3 is 0 Å². The molecule has 0 unspecified atom stereocenters. The Kier molecular flexibility index (Phi) is 4.31. The van der Waals surface area contributed by atoms with Gasteiger partial charge in [-0.3, -0.25) is 9.48 Å². The molecule has 0 aliphatic rings. The van der Waals surface area contributed by atoms with E-state index in [4.69, 9.17) is 0 Å². The summed E-state index contributed by atoms with van der Waals surface area (Å²) in [6.07, 6.45) is 3.17. The highest BCUT2D eigenvalue weighted by molar-refractivity contribution is 7.12. The highest BCUT2D eigenvalue weighted by Gasteiger charge is 2.18. The van der Waals surface area contributed by atoms with Crippen molar-refractivity contribution < 1.29 is 4.79 Å². The summed E-state index contributed by atoms with van der Waals surface area (Å²) >= 11 is 1.47. The van der Waals surface area contributed by atoms with E-state index in [-0.39, 0.29) is 11.9 Å². The molecule has 2 rings (SSSR count). The number of nitrogens with one attached hydrogen (secondary N) is 1. The van der Waals surface area contributed by atoms with Gasteiger partial charge in [-0.05, 0) is 29.9 Å². The number of nitrogens with zero attached hydrogens (tertiary/aromatic N) is 3. The molecule has 1 amide bonds. The maximum absolute atomic E-state index is 12.2. The van der Waals surface area contributed by atoms with Gasteiger partial charge < -0.3 is 5.32 Å². The third kappa shape index (κ3) is 3.64. The van der Waals surface area contributed by atoms with E-state index in [0.717, 1.165) is 10.4 Å². The van der Waals surface area contributed by atoms with Crippen LogP contribution in [-0.2, 0) is 6.54 Å². The number of aromatic nitrogens is 3. The Morgan fingerprint density at radius 3 is 2.84 bits per heavy atom. The second-order valence-corrected chi connectivity index (χ2v) is 5.84. The van der Waals surface area contributed by atoms with Gasteiger partial charge in [-0.2, -0.15) is 5.10 Å². The van der Waals surface area contributed by atoms with Crippen LogP contribution in [0.4, 0.5) is 0 Å². The topological polar surface area (TPSA) is 59.8 Å². The summed E-state index contributed by atoms with van der Waals surface area (Å²) in [5, 5.41) is 9.13. The lowest BCUT2D eigenvalue weighted by molar-refractivity contribution is 0.0923. The van der Waals surface area contributed by atoms with Gasteiger partial charge in [0.05, 0.1) is 17.5 Å². The molecule has 0 saturated carbocycles. The van der Waals surface area contributed by atoms with E-state index in [1.54, 1.807) is 11.0 Å². The summed E-state index contributed by atoms with van der Waals surface area (Å²) < 4.78 is 1.74. The highest BCUT2D eigenvalue weighted by atomic mass is 32.1. The van der Waals surface area contributed by atoms with Crippen LogP contribution in [0.25, 0.3) is 0 Å². The Morgan fingerprint density at radius 2 is 2.32 bits per heavy atom. The number of aryl methyl sites for hydroxylation is 1. The quantitative estimate of drug-likeness (QED) is 0.911.